The largest absolute Gasteiger partial charge is 0.396 e. The molecule has 3 nitrogen and oxygen atoms in total. The van der Waals surface area contributed by atoms with E-state index in [4.69, 9.17) is 0 Å². The van der Waals surface area contributed by atoms with Crippen LogP contribution in [0.25, 0.3) is 11.3 Å². The molecule has 1 aromatic carbocycles. The molecule has 0 saturated carbocycles. The SMILES string of the molecule is CCC(CO)c1nc(C)cc(-c2cccc(Br)c2)n1. The molecule has 1 atom stereocenters. The van der Waals surface area contributed by atoms with Gasteiger partial charge in [-0.2, -0.15) is 0 Å². The molecular weight excluding hydrogens is 304 g/mol. The molecule has 0 spiro atoms. The Morgan fingerprint density at radius 1 is 1.26 bits per heavy atom. The number of aliphatic hydroxyl groups is 1. The summed E-state index contributed by atoms with van der Waals surface area (Å²) < 4.78 is 1.03. The van der Waals surface area contributed by atoms with E-state index in [2.05, 4.69) is 25.9 Å². The fourth-order valence-corrected chi connectivity index (χ4v) is 2.36. The first kappa shape index (κ1) is 14.2. The molecule has 0 radical (unpaired) electrons. The van der Waals surface area contributed by atoms with Crippen molar-refractivity contribution in [2.45, 2.75) is 26.2 Å². The Hall–Kier alpha value is -1.26. The molecule has 0 aliphatic heterocycles. The van der Waals surface area contributed by atoms with Crippen molar-refractivity contribution < 1.29 is 5.11 Å². The van der Waals surface area contributed by atoms with Gasteiger partial charge in [0, 0.05) is 21.6 Å². The number of hydrogen-bond acceptors (Lipinski definition) is 3. The number of benzene rings is 1. The lowest BCUT2D eigenvalue weighted by Gasteiger charge is -2.12. The number of hydrogen-bond donors (Lipinski definition) is 1. The van der Waals surface area contributed by atoms with E-state index in [9.17, 15) is 5.11 Å². The molecule has 2 rings (SSSR count). The van der Waals surface area contributed by atoms with Gasteiger partial charge in [0.1, 0.15) is 5.82 Å². The highest BCUT2D eigenvalue weighted by Gasteiger charge is 2.13. The zero-order valence-electron chi connectivity index (χ0n) is 11.1. The molecule has 0 aliphatic rings. The Bertz CT molecular complexity index is 568. The van der Waals surface area contributed by atoms with Crippen LogP contribution < -0.4 is 0 Å². The van der Waals surface area contributed by atoms with Crippen molar-refractivity contribution in [2.24, 2.45) is 0 Å². The molecular formula is C15H17BrN2O. The van der Waals surface area contributed by atoms with Gasteiger partial charge in [-0.05, 0) is 31.5 Å². The van der Waals surface area contributed by atoms with E-state index in [1.165, 1.54) is 0 Å². The van der Waals surface area contributed by atoms with Crippen molar-refractivity contribution in [1.82, 2.24) is 9.97 Å². The summed E-state index contributed by atoms with van der Waals surface area (Å²) in [6.45, 7) is 4.07. The Kier molecular flexibility index (Phi) is 4.66. The molecule has 1 aromatic heterocycles. The number of aliphatic hydroxyl groups excluding tert-OH is 1. The summed E-state index contributed by atoms with van der Waals surface area (Å²) >= 11 is 3.47. The van der Waals surface area contributed by atoms with E-state index in [1.807, 2.05) is 44.2 Å². The van der Waals surface area contributed by atoms with Gasteiger partial charge in [-0.15, -0.1) is 0 Å². The molecule has 100 valence electrons. The monoisotopic (exact) mass is 320 g/mol. The normalized spacial score (nSPS) is 12.4. The van der Waals surface area contributed by atoms with E-state index in [-0.39, 0.29) is 12.5 Å². The van der Waals surface area contributed by atoms with Gasteiger partial charge in [0.15, 0.2) is 0 Å². The van der Waals surface area contributed by atoms with E-state index in [0.717, 1.165) is 33.7 Å². The van der Waals surface area contributed by atoms with Gasteiger partial charge in [-0.1, -0.05) is 35.0 Å². The lowest BCUT2D eigenvalue weighted by atomic mass is 10.1. The Morgan fingerprint density at radius 3 is 2.68 bits per heavy atom. The van der Waals surface area contributed by atoms with E-state index >= 15 is 0 Å². The number of rotatable bonds is 4. The van der Waals surface area contributed by atoms with Gasteiger partial charge in [0.2, 0.25) is 0 Å². The summed E-state index contributed by atoms with van der Waals surface area (Å²) in [5.41, 5.74) is 2.87. The minimum Gasteiger partial charge on any atom is -0.396 e. The number of halogens is 1. The lowest BCUT2D eigenvalue weighted by molar-refractivity contribution is 0.257. The summed E-state index contributed by atoms with van der Waals surface area (Å²) in [5, 5.41) is 9.39. The first-order chi connectivity index (χ1) is 9.13. The standard InChI is InChI=1S/C15H17BrN2O/c1-3-11(9-19)15-17-10(2)7-14(18-15)12-5-4-6-13(16)8-12/h4-8,11,19H,3,9H2,1-2H3. The molecule has 0 aliphatic carbocycles. The third kappa shape index (κ3) is 3.39. The van der Waals surface area contributed by atoms with Crippen LogP contribution in [0.1, 0.15) is 30.8 Å². The predicted molar refractivity (Wildman–Crippen MR) is 80.0 cm³/mol. The molecule has 0 amide bonds. The molecule has 19 heavy (non-hydrogen) atoms. The average molecular weight is 321 g/mol. The predicted octanol–water partition coefficient (Wildman–Crippen LogP) is 3.70. The summed E-state index contributed by atoms with van der Waals surface area (Å²) in [6.07, 6.45) is 0.831. The van der Waals surface area contributed by atoms with Crippen molar-refractivity contribution in [1.29, 1.82) is 0 Å². The second-order valence-electron chi connectivity index (χ2n) is 4.55. The third-order valence-corrected chi connectivity index (χ3v) is 3.56. The molecule has 1 heterocycles. The summed E-state index contributed by atoms with van der Waals surface area (Å²) in [4.78, 5) is 9.04. The highest BCUT2D eigenvalue weighted by Crippen LogP contribution is 2.24. The number of nitrogens with zero attached hydrogens (tertiary/aromatic N) is 2. The van der Waals surface area contributed by atoms with Crippen molar-refractivity contribution >= 4 is 15.9 Å². The minimum atomic E-state index is 0.00537. The summed E-state index contributed by atoms with van der Waals surface area (Å²) in [6, 6.07) is 10.00. The van der Waals surface area contributed by atoms with Crippen LogP contribution in [0.2, 0.25) is 0 Å². The van der Waals surface area contributed by atoms with Crippen LogP contribution in [0, 0.1) is 6.92 Å². The third-order valence-electron chi connectivity index (χ3n) is 3.07. The molecule has 0 fully saturated rings. The molecule has 2 aromatic rings. The highest BCUT2D eigenvalue weighted by atomic mass is 79.9. The molecule has 1 unspecified atom stereocenters. The first-order valence-electron chi connectivity index (χ1n) is 6.36. The van der Waals surface area contributed by atoms with Crippen LogP contribution >= 0.6 is 15.9 Å². The van der Waals surface area contributed by atoms with Crippen LogP contribution in [-0.4, -0.2) is 21.7 Å². The van der Waals surface area contributed by atoms with Crippen LogP contribution in [-0.2, 0) is 0 Å². The van der Waals surface area contributed by atoms with Crippen molar-refractivity contribution in [3.63, 3.8) is 0 Å². The smallest absolute Gasteiger partial charge is 0.134 e. The van der Waals surface area contributed by atoms with Gasteiger partial charge in [0.25, 0.3) is 0 Å². The quantitative estimate of drug-likeness (QED) is 0.934. The minimum absolute atomic E-state index is 0.00537. The Labute approximate surface area is 121 Å². The van der Waals surface area contributed by atoms with Gasteiger partial charge in [-0.25, -0.2) is 9.97 Å². The van der Waals surface area contributed by atoms with E-state index in [0.29, 0.717) is 0 Å². The molecule has 4 heteroatoms. The van der Waals surface area contributed by atoms with Gasteiger partial charge in [0.05, 0.1) is 12.3 Å². The van der Waals surface area contributed by atoms with Crippen LogP contribution in [0.5, 0.6) is 0 Å². The fourth-order valence-electron chi connectivity index (χ4n) is 1.96. The van der Waals surface area contributed by atoms with Crippen molar-refractivity contribution in [3.8, 4) is 11.3 Å². The zero-order valence-corrected chi connectivity index (χ0v) is 12.7. The lowest BCUT2D eigenvalue weighted by Crippen LogP contribution is -2.09. The van der Waals surface area contributed by atoms with Crippen molar-refractivity contribution in [3.05, 3.63) is 46.3 Å². The maximum atomic E-state index is 9.39. The van der Waals surface area contributed by atoms with Crippen LogP contribution in [0.15, 0.2) is 34.8 Å². The maximum absolute atomic E-state index is 9.39. The van der Waals surface area contributed by atoms with Crippen molar-refractivity contribution in [2.75, 3.05) is 6.61 Å². The summed E-state index contributed by atoms with van der Waals surface area (Å²) in [7, 11) is 0. The highest BCUT2D eigenvalue weighted by molar-refractivity contribution is 9.10. The second kappa shape index (κ2) is 6.26. The van der Waals surface area contributed by atoms with Crippen LogP contribution in [0.3, 0.4) is 0 Å². The topological polar surface area (TPSA) is 46.0 Å². The molecule has 0 saturated heterocycles. The number of aromatic nitrogens is 2. The molecule has 0 bridgehead atoms. The average Bonchev–Trinajstić information content (AvgIpc) is 2.39. The Morgan fingerprint density at radius 2 is 2.05 bits per heavy atom. The van der Waals surface area contributed by atoms with E-state index in [1.54, 1.807) is 0 Å². The second-order valence-corrected chi connectivity index (χ2v) is 5.47. The van der Waals surface area contributed by atoms with Gasteiger partial charge >= 0.3 is 0 Å². The van der Waals surface area contributed by atoms with Crippen LogP contribution in [0.4, 0.5) is 0 Å². The summed E-state index contributed by atoms with van der Waals surface area (Å²) in [5.74, 6) is 0.728. The number of aryl methyl sites for hydroxylation is 1. The zero-order chi connectivity index (χ0) is 13.8. The maximum Gasteiger partial charge on any atom is 0.134 e. The Balaban J connectivity index is 2.47. The van der Waals surface area contributed by atoms with Gasteiger partial charge < -0.3 is 5.11 Å². The molecule has 1 N–H and O–H groups in total. The fraction of sp³-hybridized carbons (Fsp3) is 0.333. The first-order valence-corrected chi connectivity index (χ1v) is 7.15. The van der Waals surface area contributed by atoms with E-state index < -0.39 is 0 Å². The van der Waals surface area contributed by atoms with Gasteiger partial charge in [-0.3, -0.25) is 0 Å².